The van der Waals surface area contributed by atoms with Crippen LogP contribution in [-0.4, -0.2) is 37.6 Å². The van der Waals surface area contributed by atoms with Crippen molar-refractivity contribution < 1.29 is 4.79 Å². The number of carbonyl (C=O) groups is 1. The van der Waals surface area contributed by atoms with Gasteiger partial charge in [0, 0.05) is 29.6 Å². The minimum absolute atomic E-state index is 0. The Morgan fingerprint density at radius 2 is 2.24 bits per heavy atom. The van der Waals surface area contributed by atoms with Gasteiger partial charge in [0.2, 0.25) is 0 Å². The second kappa shape index (κ2) is 8.65. The molecule has 2 aromatic heterocycles. The maximum atomic E-state index is 12.3. The standard InChI is InChI=1S/C15H17N7OS.ClH/c1-2-22-14(19-20-21-22)10-4-3-5-11(8-10)17-15(23)12-9-24-13(18-12)6-7-16;/h3-5,8-9H,2,6-7,16H2,1H3,(H,17,23);1H. The van der Waals surface area contributed by atoms with E-state index < -0.39 is 0 Å². The van der Waals surface area contributed by atoms with Gasteiger partial charge in [0.15, 0.2) is 5.82 Å². The van der Waals surface area contributed by atoms with Crippen molar-refractivity contribution >= 4 is 35.3 Å². The number of rotatable bonds is 6. The Kier molecular flexibility index (Phi) is 6.57. The summed E-state index contributed by atoms with van der Waals surface area (Å²) in [5.74, 6) is 0.411. The Morgan fingerprint density at radius 3 is 3.00 bits per heavy atom. The van der Waals surface area contributed by atoms with Crippen molar-refractivity contribution in [1.82, 2.24) is 25.2 Å². The summed E-state index contributed by atoms with van der Waals surface area (Å²) in [6.07, 6.45) is 0.674. The van der Waals surface area contributed by atoms with Crippen molar-refractivity contribution in [2.24, 2.45) is 5.73 Å². The van der Waals surface area contributed by atoms with Crippen molar-refractivity contribution in [3.63, 3.8) is 0 Å². The number of nitrogens with one attached hydrogen (secondary N) is 1. The number of benzene rings is 1. The van der Waals surface area contributed by atoms with Crippen LogP contribution in [0.5, 0.6) is 0 Å². The van der Waals surface area contributed by atoms with Crippen LogP contribution < -0.4 is 11.1 Å². The molecule has 0 atom stereocenters. The zero-order valence-corrected chi connectivity index (χ0v) is 15.2. The number of aromatic nitrogens is 5. The number of amides is 1. The lowest BCUT2D eigenvalue weighted by atomic mass is 10.2. The van der Waals surface area contributed by atoms with Crippen LogP contribution >= 0.6 is 23.7 Å². The van der Waals surface area contributed by atoms with Gasteiger partial charge < -0.3 is 11.1 Å². The monoisotopic (exact) mass is 379 g/mol. The van der Waals surface area contributed by atoms with Gasteiger partial charge in [-0.1, -0.05) is 12.1 Å². The van der Waals surface area contributed by atoms with Gasteiger partial charge in [-0.2, -0.15) is 0 Å². The summed E-state index contributed by atoms with van der Waals surface area (Å²) in [6.45, 7) is 3.15. The first kappa shape index (κ1) is 19.0. The third-order valence-corrected chi connectivity index (χ3v) is 4.26. The second-order valence-electron chi connectivity index (χ2n) is 5.02. The third-order valence-electron chi connectivity index (χ3n) is 3.35. The largest absolute Gasteiger partial charge is 0.330 e. The third kappa shape index (κ3) is 4.38. The number of nitrogens with zero attached hydrogens (tertiary/aromatic N) is 5. The summed E-state index contributed by atoms with van der Waals surface area (Å²) >= 11 is 1.44. The smallest absolute Gasteiger partial charge is 0.275 e. The van der Waals surface area contributed by atoms with Crippen LogP contribution in [0.3, 0.4) is 0 Å². The Labute approximate surface area is 154 Å². The van der Waals surface area contributed by atoms with E-state index in [0.717, 1.165) is 10.6 Å². The summed E-state index contributed by atoms with van der Waals surface area (Å²) in [5.41, 5.74) is 7.40. The molecule has 0 spiro atoms. The number of thiazole rings is 1. The summed E-state index contributed by atoms with van der Waals surface area (Å²) in [6, 6.07) is 7.40. The number of anilines is 1. The zero-order chi connectivity index (χ0) is 16.9. The van der Waals surface area contributed by atoms with E-state index in [1.165, 1.54) is 11.3 Å². The average molecular weight is 380 g/mol. The lowest BCUT2D eigenvalue weighted by molar-refractivity contribution is 0.102. The van der Waals surface area contributed by atoms with Crippen LogP contribution in [0.2, 0.25) is 0 Å². The molecule has 0 fully saturated rings. The predicted octanol–water partition coefficient (Wildman–Crippen LogP) is 1.99. The minimum Gasteiger partial charge on any atom is -0.330 e. The van der Waals surface area contributed by atoms with E-state index in [1.54, 1.807) is 10.1 Å². The van der Waals surface area contributed by atoms with Gasteiger partial charge >= 0.3 is 0 Å². The van der Waals surface area contributed by atoms with E-state index in [-0.39, 0.29) is 18.3 Å². The zero-order valence-electron chi connectivity index (χ0n) is 13.5. The highest BCUT2D eigenvalue weighted by Crippen LogP contribution is 2.21. The summed E-state index contributed by atoms with van der Waals surface area (Å²) in [5, 5.41) is 17.1. The normalized spacial score (nSPS) is 10.3. The molecule has 3 N–H and O–H groups in total. The molecule has 3 aromatic rings. The molecule has 10 heteroatoms. The molecule has 3 rings (SSSR count). The molecule has 2 heterocycles. The number of tetrazole rings is 1. The van der Waals surface area contributed by atoms with Gasteiger partial charge in [0.25, 0.3) is 5.91 Å². The Bertz CT molecular complexity index is 848. The lowest BCUT2D eigenvalue weighted by Gasteiger charge is -2.06. The van der Waals surface area contributed by atoms with E-state index in [1.807, 2.05) is 31.2 Å². The number of carbonyl (C=O) groups excluding carboxylic acids is 1. The van der Waals surface area contributed by atoms with E-state index in [0.29, 0.717) is 36.7 Å². The van der Waals surface area contributed by atoms with Gasteiger partial charge in [-0.25, -0.2) is 9.67 Å². The van der Waals surface area contributed by atoms with Crippen LogP contribution in [0.1, 0.15) is 22.4 Å². The molecule has 1 aromatic carbocycles. The highest BCUT2D eigenvalue weighted by molar-refractivity contribution is 7.09. The van der Waals surface area contributed by atoms with Gasteiger partial charge in [-0.05, 0) is 36.0 Å². The maximum Gasteiger partial charge on any atom is 0.275 e. The molecule has 0 saturated heterocycles. The van der Waals surface area contributed by atoms with Crippen LogP contribution in [0.15, 0.2) is 29.6 Å². The Balaban J connectivity index is 0.00000225. The minimum atomic E-state index is -0.248. The fourth-order valence-electron chi connectivity index (χ4n) is 2.21. The van der Waals surface area contributed by atoms with Gasteiger partial charge in [-0.15, -0.1) is 28.8 Å². The Hall–Kier alpha value is -2.36. The highest BCUT2D eigenvalue weighted by Gasteiger charge is 2.12. The second-order valence-corrected chi connectivity index (χ2v) is 5.96. The van der Waals surface area contributed by atoms with Crippen LogP contribution in [-0.2, 0) is 13.0 Å². The average Bonchev–Trinajstić information content (AvgIpc) is 3.24. The van der Waals surface area contributed by atoms with Crippen LogP contribution in [0.25, 0.3) is 11.4 Å². The molecule has 0 bridgehead atoms. The highest BCUT2D eigenvalue weighted by atomic mass is 35.5. The number of aryl methyl sites for hydroxylation is 1. The van der Waals surface area contributed by atoms with Gasteiger partial charge in [0.05, 0.1) is 5.01 Å². The van der Waals surface area contributed by atoms with E-state index in [9.17, 15) is 4.79 Å². The molecule has 0 aliphatic heterocycles. The van der Waals surface area contributed by atoms with Gasteiger partial charge in [0.1, 0.15) is 5.69 Å². The number of halogens is 1. The molecule has 0 unspecified atom stereocenters. The molecule has 132 valence electrons. The lowest BCUT2D eigenvalue weighted by Crippen LogP contribution is -2.13. The van der Waals surface area contributed by atoms with E-state index in [4.69, 9.17) is 5.73 Å². The van der Waals surface area contributed by atoms with Crippen LogP contribution in [0.4, 0.5) is 5.69 Å². The molecule has 25 heavy (non-hydrogen) atoms. The molecular formula is C15H18ClN7OS. The van der Waals surface area contributed by atoms with E-state index in [2.05, 4.69) is 25.8 Å². The summed E-state index contributed by atoms with van der Waals surface area (Å²) in [7, 11) is 0. The van der Waals surface area contributed by atoms with E-state index >= 15 is 0 Å². The molecule has 0 aliphatic rings. The maximum absolute atomic E-state index is 12.3. The van der Waals surface area contributed by atoms with Crippen molar-refractivity contribution in [2.45, 2.75) is 19.9 Å². The topological polar surface area (TPSA) is 112 Å². The predicted molar refractivity (Wildman–Crippen MR) is 99.0 cm³/mol. The van der Waals surface area contributed by atoms with Crippen molar-refractivity contribution in [3.05, 3.63) is 40.3 Å². The molecule has 0 radical (unpaired) electrons. The summed E-state index contributed by atoms with van der Waals surface area (Å²) < 4.78 is 1.69. The summed E-state index contributed by atoms with van der Waals surface area (Å²) in [4.78, 5) is 16.6. The number of hydrogen-bond acceptors (Lipinski definition) is 7. The molecule has 1 amide bonds. The molecule has 0 aliphatic carbocycles. The van der Waals surface area contributed by atoms with Crippen molar-refractivity contribution in [1.29, 1.82) is 0 Å². The van der Waals surface area contributed by atoms with Crippen LogP contribution in [0, 0.1) is 0 Å². The molecule has 8 nitrogen and oxygen atoms in total. The first-order valence-electron chi connectivity index (χ1n) is 7.53. The molecule has 0 saturated carbocycles. The first-order chi connectivity index (χ1) is 11.7. The number of hydrogen-bond donors (Lipinski definition) is 2. The van der Waals surface area contributed by atoms with Crippen molar-refractivity contribution in [2.75, 3.05) is 11.9 Å². The fourth-order valence-corrected chi connectivity index (χ4v) is 3.00. The fraction of sp³-hybridized carbons (Fsp3) is 0.267. The van der Waals surface area contributed by atoms with Crippen molar-refractivity contribution in [3.8, 4) is 11.4 Å². The quantitative estimate of drug-likeness (QED) is 0.677. The number of nitrogens with two attached hydrogens (primary N) is 1. The molecular weight excluding hydrogens is 362 g/mol. The van der Waals surface area contributed by atoms with Gasteiger partial charge in [-0.3, -0.25) is 4.79 Å². The first-order valence-corrected chi connectivity index (χ1v) is 8.41. The SMILES string of the molecule is CCn1nnnc1-c1cccc(NC(=O)c2csc(CCN)n2)c1.Cl. The Morgan fingerprint density at radius 1 is 1.40 bits per heavy atom.